The number of halogens is 1. The molecule has 0 unspecified atom stereocenters. The van der Waals surface area contributed by atoms with Gasteiger partial charge in [0.05, 0.1) is 11.0 Å². The molecule has 0 aliphatic carbocycles. The Bertz CT molecular complexity index is 1270. The van der Waals surface area contributed by atoms with Gasteiger partial charge in [0.25, 0.3) is 5.56 Å². The molecule has 4 aromatic rings. The summed E-state index contributed by atoms with van der Waals surface area (Å²) in [5.74, 6) is -0.495. The lowest BCUT2D eigenvalue weighted by molar-refractivity contribution is -0.121. The number of fused-ring (bicyclic) bond motifs is 1. The van der Waals surface area contributed by atoms with E-state index in [1.807, 2.05) is 54.6 Å². The summed E-state index contributed by atoms with van der Waals surface area (Å²) < 4.78 is 14.8. The van der Waals surface area contributed by atoms with Crippen LogP contribution >= 0.6 is 0 Å². The van der Waals surface area contributed by atoms with Crippen LogP contribution in [0.4, 0.5) is 4.39 Å². The summed E-state index contributed by atoms with van der Waals surface area (Å²) in [6.07, 6.45) is 1.14. The average Bonchev–Trinajstić information content (AvgIpc) is 2.82. The summed E-state index contributed by atoms with van der Waals surface area (Å²) in [6, 6.07) is 23.6. The molecule has 1 amide bonds. The van der Waals surface area contributed by atoms with Crippen molar-refractivity contribution in [2.24, 2.45) is 0 Å². The molecule has 5 nitrogen and oxygen atoms in total. The molecule has 1 N–H and O–H groups in total. The van der Waals surface area contributed by atoms with Gasteiger partial charge in [-0.3, -0.25) is 9.59 Å². The molecule has 32 heavy (non-hydrogen) atoms. The number of nitrogens with one attached hydrogen (secondary N) is 1. The van der Waals surface area contributed by atoms with E-state index in [9.17, 15) is 14.0 Å². The second-order valence-electron chi connectivity index (χ2n) is 7.64. The zero-order valence-electron chi connectivity index (χ0n) is 17.6. The summed E-state index contributed by atoms with van der Waals surface area (Å²) in [5.41, 5.74) is 3.72. The molecule has 1 heterocycles. The van der Waals surface area contributed by atoms with E-state index in [4.69, 9.17) is 0 Å². The molecule has 0 radical (unpaired) electrons. The molecule has 0 aliphatic rings. The van der Waals surface area contributed by atoms with E-state index in [-0.39, 0.29) is 30.1 Å². The first kappa shape index (κ1) is 21.4. The number of hydrogen-bond donors (Lipinski definition) is 1. The minimum atomic E-state index is -0.314. The van der Waals surface area contributed by atoms with Crippen LogP contribution in [0.1, 0.15) is 23.2 Å². The average molecular weight is 429 g/mol. The standard InChI is InChI=1S/C26H24FN3O2/c27-21-12-10-20(11-13-21)18-28-25(31)15-14-23-26(32)30(17-16-19-6-2-1-3-7-19)24-9-5-4-8-22(24)29-23/h1-13H,14-18H2,(H,28,31). The molecule has 3 aromatic carbocycles. The Hall–Kier alpha value is -3.80. The van der Waals surface area contributed by atoms with E-state index in [0.717, 1.165) is 28.6 Å². The number of rotatable bonds is 8. The Morgan fingerprint density at radius 1 is 0.875 bits per heavy atom. The van der Waals surface area contributed by atoms with Crippen molar-refractivity contribution in [2.45, 2.75) is 32.4 Å². The smallest absolute Gasteiger partial charge is 0.272 e. The number of carbonyl (C=O) groups excluding carboxylic acids is 1. The summed E-state index contributed by atoms with van der Waals surface area (Å²) in [5, 5.41) is 2.81. The third kappa shape index (κ3) is 5.27. The van der Waals surface area contributed by atoms with Crippen LogP contribution in [0.3, 0.4) is 0 Å². The number of amides is 1. The third-order valence-electron chi connectivity index (χ3n) is 5.38. The monoisotopic (exact) mass is 429 g/mol. The number of aryl methyl sites for hydroxylation is 3. The van der Waals surface area contributed by atoms with Crippen molar-refractivity contribution in [3.8, 4) is 0 Å². The fraction of sp³-hybridized carbons (Fsp3) is 0.192. The van der Waals surface area contributed by atoms with Crippen LogP contribution < -0.4 is 10.9 Å². The summed E-state index contributed by atoms with van der Waals surface area (Å²) >= 11 is 0. The Labute approximate surface area is 185 Å². The molecule has 0 spiro atoms. The lowest BCUT2D eigenvalue weighted by atomic mass is 10.1. The van der Waals surface area contributed by atoms with E-state index < -0.39 is 0 Å². The Morgan fingerprint density at radius 2 is 1.59 bits per heavy atom. The number of benzene rings is 3. The number of aromatic nitrogens is 2. The van der Waals surface area contributed by atoms with Gasteiger partial charge >= 0.3 is 0 Å². The first-order chi connectivity index (χ1) is 15.6. The first-order valence-electron chi connectivity index (χ1n) is 10.6. The van der Waals surface area contributed by atoms with Gasteiger partial charge in [-0.2, -0.15) is 0 Å². The molecular formula is C26H24FN3O2. The highest BCUT2D eigenvalue weighted by atomic mass is 19.1. The predicted octanol–water partition coefficient (Wildman–Crippen LogP) is 4.03. The molecule has 0 fully saturated rings. The molecular weight excluding hydrogens is 405 g/mol. The minimum Gasteiger partial charge on any atom is -0.352 e. The van der Waals surface area contributed by atoms with Crippen molar-refractivity contribution in [3.63, 3.8) is 0 Å². The summed E-state index contributed by atoms with van der Waals surface area (Å²) in [4.78, 5) is 30.0. The van der Waals surface area contributed by atoms with E-state index >= 15 is 0 Å². The Morgan fingerprint density at radius 3 is 2.38 bits per heavy atom. The highest BCUT2D eigenvalue weighted by Gasteiger charge is 2.13. The molecule has 6 heteroatoms. The highest BCUT2D eigenvalue weighted by molar-refractivity contribution is 5.77. The SMILES string of the molecule is O=C(CCc1nc2ccccc2n(CCc2ccccc2)c1=O)NCc1ccc(F)cc1. The summed E-state index contributed by atoms with van der Waals surface area (Å²) in [6.45, 7) is 0.848. The molecule has 0 atom stereocenters. The van der Waals surface area contributed by atoms with E-state index in [1.165, 1.54) is 12.1 Å². The maximum absolute atomic E-state index is 13.2. The van der Waals surface area contributed by atoms with Gasteiger partial charge in [-0.1, -0.05) is 54.6 Å². The lowest BCUT2D eigenvalue weighted by Crippen LogP contribution is -2.29. The molecule has 1 aromatic heterocycles. The van der Waals surface area contributed by atoms with E-state index in [2.05, 4.69) is 10.3 Å². The van der Waals surface area contributed by atoms with E-state index in [0.29, 0.717) is 18.8 Å². The van der Waals surface area contributed by atoms with Crippen LogP contribution in [0.15, 0.2) is 83.7 Å². The number of nitrogens with zero attached hydrogens (tertiary/aromatic N) is 2. The second kappa shape index (κ2) is 10.0. The van der Waals surface area contributed by atoms with Crippen LogP contribution in [-0.4, -0.2) is 15.5 Å². The normalized spacial score (nSPS) is 10.9. The minimum absolute atomic E-state index is 0.153. The van der Waals surface area contributed by atoms with Crippen LogP contribution in [-0.2, 0) is 30.7 Å². The second-order valence-corrected chi connectivity index (χ2v) is 7.64. The number of para-hydroxylation sites is 2. The Balaban J connectivity index is 1.47. The molecule has 0 saturated carbocycles. The van der Waals surface area contributed by atoms with Crippen molar-refractivity contribution in [3.05, 3.63) is 112 Å². The maximum Gasteiger partial charge on any atom is 0.272 e. The van der Waals surface area contributed by atoms with Crippen molar-refractivity contribution in [1.29, 1.82) is 0 Å². The number of carbonyl (C=O) groups is 1. The lowest BCUT2D eigenvalue weighted by Gasteiger charge is -2.12. The molecule has 0 bridgehead atoms. The van der Waals surface area contributed by atoms with Crippen LogP contribution in [0.25, 0.3) is 11.0 Å². The van der Waals surface area contributed by atoms with Crippen LogP contribution in [0, 0.1) is 5.82 Å². The quantitative estimate of drug-likeness (QED) is 0.460. The van der Waals surface area contributed by atoms with Crippen LogP contribution in [0.5, 0.6) is 0 Å². The molecule has 4 rings (SSSR count). The van der Waals surface area contributed by atoms with Crippen molar-refractivity contribution < 1.29 is 9.18 Å². The van der Waals surface area contributed by atoms with Gasteiger partial charge in [0.1, 0.15) is 11.5 Å². The van der Waals surface area contributed by atoms with Gasteiger partial charge in [0.2, 0.25) is 5.91 Å². The van der Waals surface area contributed by atoms with Gasteiger partial charge in [-0.15, -0.1) is 0 Å². The summed E-state index contributed by atoms with van der Waals surface area (Å²) in [7, 11) is 0. The number of hydrogen-bond acceptors (Lipinski definition) is 3. The zero-order chi connectivity index (χ0) is 22.3. The topological polar surface area (TPSA) is 64.0 Å². The fourth-order valence-corrected chi connectivity index (χ4v) is 3.64. The van der Waals surface area contributed by atoms with Gasteiger partial charge in [0.15, 0.2) is 0 Å². The highest BCUT2D eigenvalue weighted by Crippen LogP contribution is 2.12. The van der Waals surface area contributed by atoms with Gasteiger partial charge in [-0.05, 0) is 41.8 Å². The zero-order valence-corrected chi connectivity index (χ0v) is 17.6. The van der Waals surface area contributed by atoms with Crippen molar-refractivity contribution in [1.82, 2.24) is 14.9 Å². The van der Waals surface area contributed by atoms with Gasteiger partial charge in [-0.25, -0.2) is 9.37 Å². The van der Waals surface area contributed by atoms with Crippen LogP contribution in [0.2, 0.25) is 0 Å². The molecule has 162 valence electrons. The molecule has 0 saturated heterocycles. The van der Waals surface area contributed by atoms with Gasteiger partial charge < -0.3 is 9.88 Å². The first-order valence-corrected chi connectivity index (χ1v) is 10.6. The van der Waals surface area contributed by atoms with Crippen molar-refractivity contribution >= 4 is 16.9 Å². The van der Waals surface area contributed by atoms with E-state index in [1.54, 1.807) is 16.7 Å². The van der Waals surface area contributed by atoms with Crippen molar-refractivity contribution in [2.75, 3.05) is 0 Å². The predicted molar refractivity (Wildman–Crippen MR) is 123 cm³/mol. The Kier molecular flexibility index (Phi) is 6.70. The van der Waals surface area contributed by atoms with Gasteiger partial charge in [0, 0.05) is 25.9 Å². The fourth-order valence-electron chi connectivity index (χ4n) is 3.64. The molecule has 0 aliphatic heterocycles. The third-order valence-corrected chi connectivity index (χ3v) is 5.38. The maximum atomic E-state index is 13.2. The largest absolute Gasteiger partial charge is 0.352 e.